The van der Waals surface area contributed by atoms with Gasteiger partial charge in [-0.25, -0.2) is 9.67 Å². The standard InChI is InChI=1S/C17H12N6O3/c24-17-9-18-15-3-1-2-4-16(15)21(17)10-12-11-22(20-19-12)13-5-7-14(8-6-13)23(25)26/h1-9,11H,10H2. The van der Waals surface area contributed by atoms with Crippen LogP contribution in [0.15, 0.2) is 65.7 Å². The number of para-hydroxylation sites is 2. The van der Waals surface area contributed by atoms with Crippen molar-refractivity contribution in [2.75, 3.05) is 0 Å². The molecule has 0 saturated heterocycles. The first-order valence-electron chi connectivity index (χ1n) is 7.72. The van der Waals surface area contributed by atoms with Crippen LogP contribution in [0.5, 0.6) is 0 Å². The Morgan fingerprint density at radius 2 is 1.85 bits per heavy atom. The molecule has 26 heavy (non-hydrogen) atoms. The van der Waals surface area contributed by atoms with Crippen molar-refractivity contribution < 1.29 is 4.92 Å². The summed E-state index contributed by atoms with van der Waals surface area (Å²) < 4.78 is 3.08. The fourth-order valence-electron chi connectivity index (χ4n) is 2.66. The molecule has 0 aliphatic carbocycles. The topological polar surface area (TPSA) is 109 Å². The number of hydrogen-bond acceptors (Lipinski definition) is 6. The first-order valence-corrected chi connectivity index (χ1v) is 7.72. The van der Waals surface area contributed by atoms with Crippen molar-refractivity contribution >= 4 is 16.7 Å². The second-order valence-electron chi connectivity index (χ2n) is 5.60. The van der Waals surface area contributed by atoms with Gasteiger partial charge in [0.25, 0.3) is 11.2 Å². The first-order chi connectivity index (χ1) is 12.6. The van der Waals surface area contributed by atoms with Crippen LogP contribution < -0.4 is 5.56 Å². The summed E-state index contributed by atoms with van der Waals surface area (Å²) in [6.45, 7) is 0.245. The van der Waals surface area contributed by atoms with Crippen LogP contribution in [0, 0.1) is 10.1 Å². The second-order valence-corrected chi connectivity index (χ2v) is 5.60. The van der Waals surface area contributed by atoms with E-state index >= 15 is 0 Å². The minimum absolute atomic E-state index is 0.00361. The third-order valence-corrected chi connectivity index (χ3v) is 3.94. The van der Waals surface area contributed by atoms with E-state index in [1.54, 1.807) is 22.9 Å². The van der Waals surface area contributed by atoms with Gasteiger partial charge in [0, 0.05) is 12.1 Å². The van der Waals surface area contributed by atoms with Crippen molar-refractivity contribution in [1.82, 2.24) is 24.5 Å². The summed E-state index contributed by atoms with van der Waals surface area (Å²) in [4.78, 5) is 26.6. The molecular formula is C17H12N6O3. The maximum absolute atomic E-state index is 12.2. The van der Waals surface area contributed by atoms with E-state index in [0.717, 1.165) is 5.52 Å². The lowest BCUT2D eigenvalue weighted by Gasteiger charge is -2.07. The van der Waals surface area contributed by atoms with Gasteiger partial charge in [0.15, 0.2) is 0 Å². The molecule has 0 saturated carbocycles. The minimum Gasteiger partial charge on any atom is -0.299 e. The van der Waals surface area contributed by atoms with Crippen LogP contribution in [0.3, 0.4) is 0 Å². The lowest BCUT2D eigenvalue weighted by atomic mass is 10.3. The molecule has 0 amide bonds. The van der Waals surface area contributed by atoms with Gasteiger partial charge in [0.2, 0.25) is 0 Å². The summed E-state index contributed by atoms with van der Waals surface area (Å²) in [5.41, 5.74) is 2.43. The molecule has 2 heterocycles. The monoisotopic (exact) mass is 348 g/mol. The highest BCUT2D eigenvalue weighted by Crippen LogP contribution is 2.15. The van der Waals surface area contributed by atoms with Crippen LogP contribution >= 0.6 is 0 Å². The normalized spacial score (nSPS) is 10.9. The summed E-state index contributed by atoms with van der Waals surface area (Å²) >= 11 is 0. The van der Waals surface area contributed by atoms with Crippen LogP contribution in [0.2, 0.25) is 0 Å². The molecule has 0 bridgehead atoms. The van der Waals surface area contributed by atoms with E-state index in [0.29, 0.717) is 16.9 Å². The number of hydrogen-bond donors (Lipinski definition) is 0. The van der Waals surface area contributed by atoms with Crippen molar-refractivity contribution in [2.24, 2.45) is 0 Å². The second kappa shape index (κ2) is 6.20. The highest BCUT2D eigenvalue weighted by molar-refractivity contribution is 5.74. The van der Waals surface area contributed by atoms with E-state index in [1.807, 2.05) is 24.3 Å². The fourth-order valence-corrected chi connectivity index (χ4v) is 2.66. The molecule has 2 aromatic carbocycles. The van der Waals surface area contributed by atoms with Gasteiger partial charge in [0.1, 0.15) is 5.69 Å². The molecule has 4 rings (SSSR count). The highest BCUT2D eigenvalue weighted by Gasteiger charge is 2.10. The average Bonchev–Trinajstić information content (AvgIpc) is 3.13. The number of nitrogens with zero attached hydrogens (tertiary/aromatic N) is 6. The molecule has 0 fully saturated rings. The summed E-state index contributed by atoms with van der Waals surface area (Å²) in [6.07, 6.45) is 2.96. The van der Waals surface area contributed by atoms with Crippen LogP contribution in [-0.4, -0.2) is 29.5 Å². The van der Waals surface area contributed by atoms with Crippen molar-refractivity contribution in [3.05, 3.63) is 87.1 Å². The Labute approximate surface area is 146 Å². The van der Waals surface area contributed by atoms with E-state index in [2.05, 4.69) is 15.3 Å². The molecule has 0 radical (unpaired) electrons. The van der Waals surface area contributed by atoms with Gasteiger partial charge in [-0.1, -0.05) is 17.3 Å². The molecule has 0 aliphatic rings. The molecule has 0 atom stereocenters. The summed E-state index contributed by atoms with van der Waals surface area (Å²) in [6, 6.07) is 13.3. The van der Waals surface area contributed by atoms with Crippen molar-refractivity contribution in [3.8, 4) is 5.69 Å². The highest BCUT2D eigenvalue weighted by atomic mass is 16.6. The Balaban J connectivity index is 1.66. The van der Waals surface area contributed by atoms with Gasteiger partial charge in [-0.15, -0.1) is 5.10 Å². The average molecular weight is 348 g/mol. The zero-order valence-electron chi connectivity index (χ0n) is 13.4. The molecule has 2 aromatic heterocycles. The van der Waals surface area contributed by atoms with E-state index in [4.69, 9.17) is 0 Å². The largest absolute Gasteiger partial charge is 0.299 e. The van der Waals surface area contributed by atoms with Gasteiger partial charge in [-0.05, 0) is 24.3 Å². The Morgan fingerprint density at radius 1 is 1.08 bits per heavy atom. The summed E-state index contributed by atoms with van der Waals surface area (Å²) in [7, 11) is 0. The maximum atomic E-state index is 12.2. The molecule has 4 aromatic rings. The zero-order valence-corrected chi connectivity index (χ0v) is 13.4. The quantitative estimate of drug-likeness (QED) is 0.412. The number of nitro groups is 1. The Hall–Kier alpha value is -3.88. The molecule has 9 heteroatoms. The molecule has 9 nitrogen and oxygen atoms in total. The first kappa shape index (κ1) is 15.6. The van der Waals surface area contributed by atoms with E-state index in [-0.39, 0.29) is 17.8 Å². The molecule has 0 aliphatic heterocycles. The molecule has 128 valence electrons. The van der Waals surface area contributed by atoms with E-state index in [9.17, 15) is 14.9 Å². The summed E-state index contributed by atoms with van der Waals surface area (Å²) in [5, 5.41) is 18.9. The van der Waals surface area contributed by atoms with Crippen molar-refractivity contribution in [1.29, 1.82) is 0 Å². The third kappa shape index (κ3) is 2.81. The number of fused-ring (bicyclic) bond motifs is 1. The number of non-ortho nitro benzene ring substituents is 1. The van der Waals surface area contributed by atoms with Crippen molar-refractivity contribution in [2.45, 2.75) is 6.54 Å². The van der Waals surface area contributed by atoms with Gasteiger partial charge >= 0.3 is 0 Å². The lowest BCUT2D eigenvalue weighted by molar-refractivity contribution is -0.384. The number of aromatic nitrogens is 5. The van der Waals surface area contributed by atoms with Gasteiger partial charge in [0.05, 0.1) is 40.6 Å². The van der Waals surface area contributed by atoms with Gasteiger partial charge < -0.3 is 0 Å². The lowest BCUT2D eigenvalue weighted by Crippen LogP contribution is -2.21. The maximum Gasteiger partial charge on any atom is 0.269 e. The number of rotatable bonds is 4. The van der Waals surface area contributed by atoms with Crippen molar-refractivity contribution in [3.63, 3.8) is 0 Å². The molecule has 0 spiro atoms. The van der Waals surface area contributed by atoms with Crippen LogP contribution in [-0.2, 0) is 6.54 Å². The molecule has 0 N–H and O–H groups in total. The zero-order chi connectivity index (χ0) is 18.1. The SMILES string of the molecule is O=c1cnc2ccccc2n1Cc1cn(-c2ccc([N+](=O)[O-])cc2)nn1. The van der Waals surface area contributed by atoms with E-state index in [1.165, 1.54) is 23.0 Å². The van der Waals surface area contributed by atoms with Crippen LogP contribution in [0.1, 0.15) is 5.69 Å². The van der Waals surface area contributed by atoms with Crippen LogP contribution in [0.25, 0.3) is 16.7 Å². The fraction of sp³-hybridized carbons (Fsp3) is 0.0588. The predicted octanol–water partition coefficient (Wildman–Crippen LogP) is 1.93. The third-order valence-electron chi connectivity index (χ3n) is 3.94. The Bertz CT molecular complexity index is 1160. The van der Waals surface area contributed by atoms with Gasteiger partial charge in [-0.2, -0.15) is 0 Å². The predicted molar refractivity (Wildman–Crippen MR) is 93.1 cm³/mol. The Morgan fingerprint density at radius 3 is 2.62 bits per heavy atom. The summed E-state index contributed by atoms with van der Waals surface area (Å²) in [5.74, 6) is 0. The number of benzene rings is 2. The minimum atomic E-state index is -0.461. The van der Waals surface area contributed by atoms with Gasteiger partial charge in [-0.3, -0.25) is 19.5 Å². The number of nitro benzene ring substituents is 1. The molecular weight excluding hydrogens is 336 g/mol. The Kier molecular flexibility index (Phi) is 3.73. The van der Waals surface area contributed by atoms with Crippen LogP contribution in [0.4, 0.5) is 5.69 Å². The smallest absolute Gasteiger partial charge is 0.269 e. The van der Waals surface area contributed by atoms with E-state index < -0.39 is 4.92 Å². The molecule has 0 unspecified atom stereocenters.